The second-order valence-corrected chi connectivity index (χ2v) is 4.83. The summed E-state index contributed by atoms with van der Waals surface area (Å²) in [5.74, 6) is 0.358. The summed E-state index contributed by atoms with van der Waals surface area (Å²) in [5.41, 5.74) is 1.03. The first kappa shape index (κ1) is 11.0. The zero-order chi connectivity index (χ0) is 11.8. The van der Waals surface area contributed by atoms with Crippen LogP contribution >= 0.6 is 11.6 Å². The lowest BCUT2D eigenvalue weighted by Gasteiger charge is -1.98. The molecule has 1 aromatic heterocycles. The Kier molecular flexibility index (Phi) is 2.76. The Labute approximate surface area is 103 Å². The minimum atomic E-state index is -0.443. The molecule has 1 heterocycles. The standard InChI is InChI=1S/C12H13ClFN3/c13-8-3-4-9-12(11(8)14)17-10(16-9)5-6-15-7-1-2-7/h3-4,7,15H,1-2,5-6H2,(H,16,17). The van der Waals surface area contributed by atoms with Crippen LogP contribution in [0.25, 0.3) is 11.0 Å². The summed E-state index contributed by atoms with van der Waals surface area (Å²) in [4.78, 5) is 7.34. The van der Waals surface area contributed by atoms with Crippen LogP contribution in [-0.2, 0) is 6.42 Å². The molecule has 3 rings (SSSR count). The number of halogens is 2. The number of rotatable bonds is 4. The summed E-state index contributed by atoms with van der Waals surface area (Å²) in [7, 11) is 0. The molecule has 1 aliphatic carbocycles. The molecule has 1 saturated carbocycles. The van der Waals surface area contributed by atoms with Crippen LogP contribution in [0.2, 0.25) is 5.02 Å². The molecule has 5 heteroatoms. The first-order chi connectivity index (χ1) is 8.24. The molecule has 0 spiro atoms. The lowest BCUT2D eigenvalue weighted by Crippen LogP contribution is -2.19. The number of H-pyrrole nitrogens is 1. The van der Waals surface area contributed by atoms with E-state index in [1.165, 1.54) is 12.8 Å². The van der Waals surface area contributed by atoms with Gasteiger partial charge in [-0.25, -0.2) is 9.37 Å². The van der Waals surface area contributed by atoms with E-state index < -0.39 is 5.82 Å². The first-order valence-corrected chi connectivity index (χ1v) is 6.18. The fourth-order valence-electron chi connectivity index (χ4n) is 1.87. The van der Waals surface area contributed by atoms with Crippen LogP contribution in [0.3, 0.4) is 0 Å². The Hall–Kier alpha value is -1.13. The SMILES string of the molecule is Fc1c(Cl)ccc2[nH]c(CCNC3CC3)nc12. The van der Waals surface area contributed by atoms with E-state index >= 15 is 0 Å². The van der Waals surface area contributed by atoms with Gasteiger partial charge in [0.2, 0.25) is 0 Å². The van der Waals surface area contributed by atoms with Crippen molar-refractivity contribution in [2.75, 3.05) is 6.54 Å². The zero-order valence-corrected chi connectivity index (χ0v) is 10.0. The van der Waals surface area contributed by atoms with Crippen molar-refractivity contribution < 1.29 is 4.39 Å². The van der Waals surface area contributed by atoms with Crippen LogP contribution in [0.4, 0.5) is 4.39 Å². The van der Waals surface area contributed by atoms with E-state index in [4.69, 9.17) is 11.6 Å². The number of hydrogen-bond donors (Lipinski definition) is 2. The molecule has 2 aromatic rings. The summed E-state index contributed by atoms with van der Waals surface area (Å²) >= 11 is 5.71. The van der Waals surface area contributed by atoms with Gasteiger partial charge >= 0.3 is 0 Å². The highest BCUT2D eigenvalue weighted by atomic mass is 35.5. The molecule has 0 saturated heterocycles. The largest absolute Gasteiger partial charge is 0.342 e. The van der Waals surface area contributed by atoms with E-state index in [0.717, 1.165) is 18.8 Å². The second-order valence-electron chi connectivity index (χ2n) is 4.42. The molecule has 1 aliphatic rings. The summed E-state index contributed by atoms with van der Waals surface area (Å²) in [6.07, 6.45) is 3.32. The van der Waals surface area contributed by atoms with Gasteiger partial charge in [0.25, 0.3) is 0 Å². The van der Waals surface area contributed by atoms with Gasteiger partial charge in [0.05, 0.1) is 10.5 Å². The van der Waals surface area contributed by atoms with Crippen LogP contribution in [0, 0.1) is 5.82 Å². The molecule has 0 bridgehead atoms. The molecule has 0 aliphatic heterocycles. The van der Waals surface area contributed by atoms with Gasteiger partial charge in [-0.05, 0) is 25.0 Å². The average Bonchev–Trinajstić information content (AvgIpc) is 3.03. The van der Waals surface area contributed by atoms with Crippen molar-refractivity contribution in [3.8, 4) is 0 Å². The van der Waals surface area contributed by atoms with Crippen molar-refractivity contribution in [2.45, 2.75) is 25.3 Å². The van der Waals surface area contributed by atoms with Crippen molar-refractivity contribution in [1.82, 2.24) is 15.3 Å². The van der Waals surface area contributed by atoms with Crippen molar-refractivity contribution >= 4 is 22.6 Å². The Morgan fingerprint density at radius 2 is 2.29 bits per heavy atom. The van der Waals surface area contributed by atoms with Crippen LogP contribution in [-0.4, -0.2) is 22.6 Å². The average molecular weight is 254 g/mol. The van der Waals surface area contributed by atoms with Gasteiger partial charge in [-0.15, -0.1) is 0 Å². The summed E-state index contributed by atoms with van der Waals surface area (Å²) < 4.78 is 13.6. The number of benzene rings is 1. The molecule has 0 amide bonds. The van der Waals surface area contributed by atoms with Gasteiger partial charge in [0.15, 0.2) is 5.82 Å². The van der Waals surface area contributed by atoms with Crippen LogP contribution < -0.4 is 5.32 Å². The number of hydrogen-bond acceptors (Lipinski definition) is 2. The minimum Gasteiger partial charge on any atom is -0.342 e. The van der Waals surface area contributed by atoms with Crippen LogP contribution in [0.5, 0.6) is 0 Å². The Balaban J connectivity index is 1.78. The number of fused-ring (bicyclic) bond motifs is 1. The Morgan fingerprint density at radius 3 is 3.06 bits per heavy atom. The lowest BCUT2D eigenvalue weighted by molar-refractivity contribution is 0.636. The zero-order valence-electron chi connectivity index (χ0n) is 9.26. The predicted molar refractivity (Wildman–Crippen MR) is 65.8 cm³/mol. The highest BCUT2D eigenvalue weighted by Crippen LogP contribution is 2.23. The monoisotopic (exact) mass is 253 g/mol. The molecule has 0 radical (unpaired) electrons. The van der Waals surface area contributed by atoms with Crippen molar-refractivity contribution in [2.24, 2.45) is 0 Å². The third kappa shape index (κ3) is 2.28. The minimum absolute atomic E-state index is 0.117. The Bertz CT molecular complexity index is 548. The van der Waals surface area contributed by atoms with Gasteiger partial charge in [-0.2, -0.15) is 0 Å². The molecule has 90 valence electrons. The highest BCUT2D eigenvalue weighted by Gasteiger charge is 2.20. The van der Waals surface area contributed by atoms with Crippen molar-refractivity contribution in [3.63, 3.8) is 0 Å². The van der Waals surface area contributed by atoms with Gasteiger partial charge < -0.3 is 10.3 Å². The number of imidazole rings is 1. The number of aromatic amines is 1. The Morgan fingerprint density at radius 1 is 1.47 bits per heavy atom. The summed E-state index contributed by atoms with van der Waals surface area (Å²) in [6, 6.07) is 3.99. The van der Waals surface area contributed by atoms with E-state index in [2.05, 4.69) is 15.3 Å². The van der Waals surface area contributed by atoms with Gasteiger partial charge in [-0.3, -0.25) is 0 Å². The van der Waals surface area contributed by atoms with Crippen molar-refractivity contribution in [3.05, 3.63) is 28.8 Å². The van der Waals surface area contributed by atoms with Gasteiger partial charge in [0, 0.05) is 19.0 Å². The maximum atomic E-state index is 13.6. The van der Waals surface area contributed by atoms with E-state index in [0.29, 0.717) is 17.1 Å². The fourth-order valence-corrected chi connectivity index (χ4v) is 2.02. The topological polar surface area (TPSA) is 40.7 Å². The molecular formula is C12H13ClFN3. The molecular weight excluding hydrogens is 241 g/mol. The third-order valence-corrected chi connectivity index (χ3v) is 3.26. The number of nitrogens with one attached hydrogen (secondary N) is 2. The predicted octanol–water partition coefficient (Wildman–Crippen LogP) is 2.65. The molecule has 1 aromatic carbocycles. The van der Waals surface area contributed by atoms with E-state index in [-0.39, 0.29) is 5.02 Å². The van der Waals surface area contributed by atoms with Crippen LogP contribution in [0.1, 0.15) is 18.7 Å². The quantitative estimate of drug-likeness (QED) is 0.880. The van der Waals surface area contributed by atoms with E-state index in [1.54, 1.807) is 12.1 Å². The first-order valence-electron chi connectivity index (χ1n) is 5.80. The normalized spacial score (nSPS) is 15.6. The van der Waals surface area contributed by atoms with E-state index in [1.807, 2.05) is 0 Å². The molecule has 17 heavy (non-hydrogen) atoms. The summed E-state index contributed by atoms with van der Waals surface area (Å²) in [6.45, 7) is 0.875. The molecule has 3 nitrogen and oxygen atoms in total. The smallest absolute Gasteiger partial charge is 0.169 e. The lowest BCUT2D eigenvalue weighted by atomic mass is 10.3. The summed E-state index contributed by atoms with van der Waals surface area (Å²) in [5, 5.41) is 3.51. The highest BCUT2D eigenvalue weighted by molar-refractivity contribution is 6.31. The number of aromatic nitrogens is 2. The molecule has 2 N–H and O–H groups in total. The van der Waals surface area contributed by atoms with E-state index in [9.17, 15) is 4.39 Å². The maximum Gasteiger partial charge on any atom is 0.169 e. The van der Waals surface area contributed by atoms with Crippen LogP contribution in [0.15, 0.2) is 12.1 Å². The maximum absolute atomic E-state index is 13.6. The number of nitrogens with zero attached hydrogens (tertiary/aromatic N) is 1. The van der Waals surface area contributed by atoms with Gasteiger partial charge in [0.1, 0.15) is 11.3 Å². The molecule has 0 atom stereocenters. The molecule has 1 fully saturated rings. The van der Waals surface area contributed by atoms with Crippen molar-refractivity contribution in [1.29, 1.82) is 0 Å². The molecule has 0 unspecified atom stereocenters. The second kappa shape index (κ2) is 4.27. The van der Waals surface area contributed by atoms with Gasteiger partial charge in [-0.1, -0.05) is 11.6 Å². The fraction of sp³-hybridized carbons (Fsp3) is 0.417. The third-order valence-electron chi connectivity index (χ3n) is 2.97.